The standard InChI is InChI=1S/C28H32BrN3O5S2/c1-5-37-26-12-7-6-11-25(26)32(39(35,36)24-15-13-23(38-4)14-16-24)19-27(33)31(20(2)28(34)30-3)18-21-9-8-10-22(29)17-21/h6-17,20H,5,18-19H2,1-4H3,(H,30,34)/t20-/m1/s1. The molecule has 1 atom stereocenters. The number of likely N-dealkylation sites (N-methyl/N-ethyl adjacent to an activating group) is 1. The number of amides is 2. The summed E-state index contributed by atoms with van der Waals surface area (Å²) in [6.45, 7) is 3.29. The summed E-state index contributed by atoms with van der Waals surface area (Å²) in [7, 11) is -2.70. The van der Waals surface area contributed by atoms with E-state index in [2.05, 4.69) is 21.2 Å². The minimum Gasteiger partial charge on any atom is -0.492 e. The van der Waals surface area contributed by atoms with Crippen molar-refractivity contribution in [3.8, 4) is 5.75 Å². The first-order chi connectivity index (χ1) is 18.6. The summed E-state index contributed by atoms with van der Waals surface area (Å²) in [5, 5.41) is 2.58. The van der Waals surface area contributed by atoms with E-state index in [0.717, 1.165) is 19.2 Å². The zero-order chi connectivity index (χ0) is 28.6. The van der Waals surface area contributed by atoms with Gasteiger partial charge in [0.1, 0.15) is 18.3 Å². The molecule has 0 unspecified atom stereocenters. The Morgan fingerprint density at radius 1 is 1.05 bits per heavy atom. The van der Waals surface area contributed by atoms with Gasteiger partial charge in [0, 0.05) is 23.0 Å². The highest BCUT2D eigenvalue weighted by molar-refractivity contribution is 9.10. The van der Waals surface area contributed by atoms with Gasteiger partial charge in [-0.25, -0.2) is 8.42 Å². The normalized spacial score (nSPS) is 11.9. The maximum atomic E-state index is 14.0. The number of para-hydroxylation sites is 2. The van der Waals surface area contributed by atoms with Crippen LogP contribution in [-0.4, -0.2) is 57.6 Å². The Hall–Kier alpha value is -3.02. The molecule has 3 aromatic carbocycles. The quantitative estimate of drug-likeness (QED) is 0.284. The van der Waals surface area contributed by atoms with E-state index in [1.807, 2.05) is 30.5 Å². The lowest BCUT2D eigenvalue weighted by Gasteiger charge is -2.32. The topological polar surface area (TPSA) is 96.0 Å². The smallest absolute Gasteiger partial charge is 0.264 e. The van der Waals surface area contributed by atoms with Crippen LogP contribution in [0.1, 0.15) is 19.4 Å². The van der Waals surface area contributed by atoms with Crippen LogP contribution in [0, 0.1) is 0 Å². The fourth-order valence-electron chi connectivity index (χ4n) is 3.95. The molecule has 0 aromatic heterocycles. The second-order valence-corrected chi connectivity index (χ2v) is 12.2. The number of ether oxygens (including phenoxy) is 1. The van der Waals surface area contributed by atoms with Crippen molar-refractivity contribution in [2.24, 2.45) is 0 Å². The maximum absolute atomic E-state index is 14.0. The van der Waals surface area contributed by atoms with Gasteiger partial charge in [0.2, 0.25) is 11.8 Å². The number of sulfonamides is 1. The van der Waals surface area contributed by atoms with Gasteiger partial charge in [-0.15, -0.1) is 11.8 Å². The molecule has 0 aliphatic rings. The Balaban J connectivity index is 2.09. The lowest BCUT2D eigenvalue weighted by Crippen LogP contribution is -2.50. The van der Waals surface area contributed by atoms with Gasteiger partial charge in [-0.3, -0.25) is 13.9 Å². The molecular weight excluding hydrogens is 602 g/mol. The largest absolute Gasteiger partial charge is 0.492 e. The van der Waals surface area contributed by atoms with E-state index in [0.29, 0.717) is 12.4 Å². The minimum absolute atomic E-state index is 0.0392. The number of nitrogens with one attached hydrogen (secondary N) is 1. The second kappa shape index (κ2) is 13.9. The number of hydrogen-bond acceptors (Lipinski definition) is 6. The van der Waals surface area contributed by atoms with E-state index in [1.165, 1.54) is 35.8 Å². The van der Waals surface area contributed by atoms with Crippen LogP contribution in [0.3, 0.4) is 0 Å². The van der Waals surface area contributed by atoms with Crippen LogP contribution in [0.25, 0.3) is 0 Å². The third-order valence-corrected chi connectivity index (χ3v) is 9.03. The SMILES string of the molecule is CCOc1ccccc1N(CC(=O)N(Cc1cccc(Br)c1)[C@H](C)C(=O)NC)S(=O)(=O)c1ccc(SC)cc1. The fourth-order valence-corrected chi connectivity index (χ4v) is 6.23. The highest BCUT2D eigenvalue weighted by Gasteiger charge is 2.33. The van der Waals surface area contributed by atoms with Gasteiger partial charge in [0.05, 0.1) is 17.2 Å². The molecular formula is C28H32BrN3O5S2. The first-order valence-corrected chi connectivity index (χ1v) is 15.7. The lowest BCUT2D eigenvalue weighted by molar-refractivity contribution is -0.139. The number of carbonyl (C=O) groups excluding carboxylic acids is 2. The van der Waals surface area contributed by atoms with Crippen LogP contribution in [0.4, 0.5) is 5.69 Å². The van der Waals surface area contributed by atoms with Crippen LogP contribution < -0.4 is 14.4 Å². The third-order valence-electron chi connectivity index (χ3n) is 6.02. The number of benzene rings is 3. The summed E-state index contributed by atoms with van der Waals surface area (Å²) in [6, 6.07) is 19.7. The van der Waals surface area contributed by atoms with Crippen molar-refractivity contribution in [2.75, 3.05) is 30.8 Å². The molecule has 1 N–H and O–H groups in total. The maximum Gasteiger partial charge on any atom is 0.264 e. The number of halogens is 1. The molecule has 3 rings (SSSR count). The van der Waals surface area contributed by atoms with Gasteiger partial charge >= 0.3 is 0 Å². The average molecular weight is 635 g/mol. The molecule has 39 heavy (non-hydrogen) atoms. The van der Waals surface area contributed by atoms with Crippen LogP contribution >= 0.6 is 27.7 Å². The van der Waals surface area contributed by atoms with Crippen LogP contribution in [0.5, 0.6) is 5.75 Å². The second-order valence-electron chi connectivity index (χ2n) is 8.53. The van der Waals surface area contributed by atoms with Crippen LogP contribution in [0.2, 0.25) is 0 Å². The van der Waals surface area contributed by atoms with Crippen molar-refractivity contribution >= 4 is 55.2 Å². The summed E-state index contributed by atoms with van der Waals surface area (Å²) in [6.07, 6.45) is 1.90. The summed E-state index contributed by atoms with van der Waals surface area (Å²) in [4.78, 5) is 28.9. The van der Waals surface area contributed by atoms with Crippen molar-refractivity contribution in [3.05, 3.63) is 82.8 Å². The fraction of sp³-hybridized carbons (Fsp3) is 0.286. The molecule has 0 saturated heterocycles. The number of anilines is 1. The molecule has 0 radical (unpaired) electrons. The molecule has 0 bridgehead atoms. The van der Waals surface area contributed by atoms with E-state index in [9.17, 15) is 18.0 Å². The van der Waals surface area contributed by atoms with E-state index in [4.69, 9.17) is 4.74 Å². The molecule has 0 fully saturated rings. The van der Waals surface area contributed by atoms with E-state index in [-0.39, 0.29) is 23.0 Å². The highest BCUT2D eigenvalue weighted by atomic mass is 79.9. The molecule has 0 aliphatic heterocycles. The number of hydrogen-bond donors (Lipinski definition) is 1. The Kier molecular flexibility index (Phi) is 10.8. The number of carbonyl (C=O) groups is 2. The van der Waals surface area contributed by atoms with Crippen molar-refractivity contribution in [3.63, 3.8) is 0 Å². The summed E-state index contributed by atoms with van der Waals surface area (Å²) >= 11 is 4.93. The van der Waals surface area contributed by atoms with Gasteiger partial charge < -0.3 is 15.0 Å². The summed E-state index contributed by atoms with van der Waals surface area (Å²) < 4.78 is 35.6. The van der Waals surface area contributed by atoms with E-state index < -0.39 is 28.5 Å². The number of thioether (sulfide) groups is 1. The molecule has 208 valence electrons. The first kappa shape index (κ1) is 30.5. The van der Waals surface area contributed by atoms with E-state index in [1.54, 1.807) is 50.2 Å². The van der Waals surface area contributed by atoms with Crippen LogP contribution in [0.15, 0.2) is 87.1 Å². The molecule has 11 heteroatoms. The molecule has 0 heterocycles. The van der Waals surface area contributed by atoms with Gasteiger partial charge in [0.25, 0.3) is 10.0 Å². The third kappa shape index (κ3) is 7.55. The summed E-state index contributed by atoms with van der Waals surface area (Å²) in [5.41, 5.74) is 1.02. The minimum atomic E-state index is -4.19. The van der Waals surface area contributed by atoms with Crippen molar-refractivity contribution < 1.29 is 22.7 Å². The Bertz CT molecular complexity index is 1400. The molecule has 0 aliphatic carbocycles. The lowest BCUT2D eigenvalue weighted by atomic mass is 10.1. The molecule has 3 aromatic rings. The average Bonchev–Trinajstić information content (AvgIpc) is 2.94. The monoisotopic (exact) mass is 633 g/mol. The molecule has 0 spiro atoms. The first-order valence-electron chi connectivity index (χ1n) is 12.3. The van der Waals surface area contributed by atoms with Crippen molar-refractivity contribution in [1.29, 1.82) is 0 Å². The Morgan fingerprint density at radius 3 is 2.36 bits per heavy atom. The van der Waals surface area contributed by atoms with Crippen molar-refractivity contribution in [1.82, 2.24) is 10.2 Å². The molecule has 8 nitrogen and oxygen atoms in total. The van der Waals surface area contributed by atoms with Gasteiger partial charge in [-0.05, 0) is 74.2 Å². The predicted molar refractivity (Wildman–Crippen MR) is 159 cm³/mol. The number of nitrogens with zero attached hydrogens (tertiary/aromatic N) is 2. The highest BCUT2D eigenvalue weighted by Crippen LogP contribution is 2.33. The Labute approximate surface area is 242 Å². The molecule has 0 saturated carbocycles. The predicted octanol–water partition coefficient (Wildman–Crippen LogP) is 4.93. The van der Waals surface area contributed by atoms with Gasteiger partial charge in [0.15, 0.2) is 0 Å². The zero-order valence-electron chi connectivity index (χ0n) is 22.3. The molecule has 2 amide bonds. The zero-order valence-corrected chi connectivity index (χ0v) is 25.5. The number of rotatable bonds is 12. The van der Waals surface area contributed by atoms with E-state index >= 15 is 0 Å². The van der Waals surface area contributed by atoms with Crippen LogP contribution in [-0.2, 0) is 26.2 Å². The Morgan fingerprint density at radius 2 is 1.74 bits per heavy atom. The summed E-state index contributed by atoms with van der Waals surface area (Å²) in [5.74, 6) is -0.577. The van der Waals surface area contributed by atoms with Gasteiger partial charge in [-0.1, -0.05) is 40.2 Å². The van der Waals surface area contributed by atoms with Gasteiger partial charge in [-0.2, -0.15) is 0 Å². The van der Waals surface area contributed by atoms with Crippen molar-refractivity contribution in [2.45, 2.75) is 36.2 Å².